The monoisotopic (exact) mass is 441 g/mol. The lowest BCUT2D eigenvalue weighted by molar-refractivity contribution is 0.0520. The lowest BCUT2D eigenvalue weighted by Crippen LogP contribution is -2.25. The van der Waals surface area contributed by atoms with Crippen LogP contribution >= 0.6 is 0 Å². The standard InChI is InChI=1S/C22H18F3N5O2/c1-2-32-22(31)17-6-5-16-20(26-17)21-27-19(7-8-30(21)28-16)29-11-13(24)10-18(29)14-9-12(23)3-4-15(14)25/h3-9,13,18H,2,10-11H2,1H3/t13-,18+/m0/s1. The summed E-state index contributed by atoms with van der Waals surface area (Å²) >= 11 is 0. The van der Waals surface area contributed by atoms with E-state index in [2.05, 4.69) is 15.1 Å². The molecule has 0 N–H and O–H groups in total. The van der Waals surface area contributed by atoms with E-state index >= 15 is 0 Å². The van der Waals surface area contributed by atoms with Crippen molar-refractivity contribution in [3.63, 3.8) is 0 Å². The van der Waals surface area contributed by atoms with Crippen LogP contribution in [0.3, 0.4) is 0 Å². The van der Waals surface area contributed by atoms with Crippen LogP contribution in [0, 0.1) is 11.6 Å². The number of esters is 1. The Morgan fingerprint density at radius 3 is 2.84 bits per heavy atom. The summed E-state index contributed by atoms with van der Waals surface area (Å²) in [6.45, 7) is 1.90. The molecule has 1 aromatic carbocycles. The fourth-order valence-corrected chi connectivity index (χ4v) is 4.04. The van der Waals surface area contributed by atoms with E-state index in [-0.39, 0.29) is 30.8 Å². The molecule has 32 heavy (non-hydrogen) atoms. The van der Waals surface area contributed by atoms with Gasteiger partial charge in [-0.25, -0.2) is 32.4 Å². The highest BCUT2D eigenvalue weighted by molar-refractivity contribution is 5.94. The number of fused-ring (bicyclic) bond motifs is 3. The molecule has 10 heteroatoms. The Hall–Kier alpha value is -3.69. The third-order valence-electron chi connectivity index (χ3n) is 5.45. The summed E-state index contributed by atoms with van der Waals surface area (Å²) in [4.78, 5) is 22.6. The lowest BCUT2D eigenvalue weighted by atomic mass is 10.0. The van der Waals surface area contributed by atoms with Gasteiger partial charge < -0.3 is 9.64 Å². The van der Waals surface area contributed by atoms with E-state index in [4.69, 9.17) is 4.74 Å². The van der Waals surface area contributed by atoms with Crippen LogP contribution in [-0.2, 0) is 4.74 Å². The lowest BCUT2D eigenvalue weighted by Gasteiger charge is -2.26. The molecule has 7 nitrogen and oxygen atoms in total. The highest BCUT2D eigenvalue weighted by Gasteiger charge is 2.36. The molecule has 5 rings (SSSR count). The molecule has 0 amide bonds. The van der Waals surface area contributed by atoms with Crippen molar-refractivity contribution in [1.82, 2.24) is 19.6 Å². The van der Waals surface area contributed by atoms with Gasteiger partial charge in [-0.3, -0.25) is 0 Å². The minimum absolute atomic E-state index is 0.0124. The fraction of sp³-hybridized carbons (Fsp3) is 0.273. The van der Waals surface area contributed by atoms with Crippen LogP contribution in [-0.4, -0.2) is 44.9 Å². The third kappa shape index (κ3) is 3.41. The topological polar surface area (TPSA) is 72.6 Å². The number of nitrogens with zero attached hydrogens (tertiary/aromatic N) is 5. The van der Waals surface area contributed by atoms with E-state index in [0.29, 0.717) is 22.5 Å². The van der Waals surface area contributed by atoms with Crippen molar-refractivity contribution in [3.05, 3.63) is 65.5 Å². The second-order valence-electron chi connectivity index (χ2n) is 7.51. The van der Waals surface area contributed by atoms with Crippen molar-refractivity contribution < 1.29 is 22.7 Å². The number of carbonyl (C=O) groups excluding carboxylic acids is 1. The molecule has 0 spiro atoms. The first-order valence-corrected chi connectivity index (χ1v) is 10.1. The second-order valence-corrected chi connectivity index (χ2v) is 7.51. The summed E-state index contributed by atoms with van der Waals surface area (Å²) in [5, 5.41) is 4.38. The molecule has 1 fully saturated rings. The van der Waals surface area contributed by atoms with E-state index in [1.165, 1.54) is 10.6 Å². The predicted octanol–water partition coefficient (Wildman–Crippen LogP) is 4.02. The molecule has 0 aliphatic carbocycles. The van der Waals surface area contributed by atoms with Crippen LogP contribution in [0.15, 0.2) is 42.6 Å². The number of alkyl halides is 1. The summed E-state index contributed by atoms with van der Waals surface area (Å²) in [7, 11) is 0. The Morgan fingerprint density at radius 1 is 1.19 bits per heavy atom. The molecule has 2 atom stereocenters. The maximum atomic E-state index is 14.4. The van der Waals surface area contributed by atoms with E-state index in [1.807, 2.05) is 0 Å². The normalized spacial score (nSPS) is 18.6. The van der Waals surface area contributed by atoms with Crippen LogP contribution in [0.25, 0.3) is 16.7 Å². The molecule has 4 aromatic rings. The van der Waals surface area contributed by atoms with Crippen molar-refractivity contribution >= 4 is 28.5 Å². The minimum atomic E-state index is -1.23. The van der Waals surface area contributed by atoms with Crippen LogP contribution < -0.4 is 4.90 Å². The molecule has 0 bridgehead atoms. The Balaban J connectivity index is 1.59. The number of ether oxygens (including phenoxy) is 1. The number of pyridine rings is 1. The SMILES string of the molecule is CCOC(=O)c1ccc2nn3ccc(N4C[C@@H](F)C[C@@H]4c4cc(F)ccc4F)nc3c2n1. The Morgan fingerprint density at radius 2 is 2.03 bits per heavy atom. The molecule has 0 radical (unpaired) electrons. The zero-order chi connectivity index (χ0) is 22.4. The Bertz CT molecular complexity index is 1340. The Labute approximate surface area is 180 Å². The number of carbonyl (C=O) groups is 1. The number of hydrogen-bond donors (Lipinski definition) is 0. The number of rotatable bonds is 4. The van der Waals surface area contributed by atoms with Gasteiger partial charge in [-0.15, -0.1) is 0 Å². The average Bonchev–Trinajstić information content (AvgIpc) is 3.35. The van der Waals surface area contributed by atoms with Crippen molar-refractivity contribution in [2.24, 2.45) is 0 Å². The maximum absolute atomic E-state index is 14.4. The first kappa shape index (κ1) is 20.2. The number of aromatic nitrogens is 4. The van der Waals surface area contributed by atoms with Gasteiger partial charge in [-0.05, 0) is 43.3 Å². The van der Waals surface area contributed by atoms with Gasteiger partial charge in [0.1, 0.15) is 40.4 Å². The molecule has 3 aromatic heterocycles. The number of hydrogen-bond acceptors (Lipinski definition) is 6. The molecular weight excluding hydrogens is 423 g/mol. The highest BCUT2D eigenvalue weighted by atomic mass is 19.1. The summed E-state index contributed by atoms with van der Waals surface area (Å²) in [5.41, 5.74) is 1.44. The largest absolute Gasteiger partial charge is 0.461 e. The van der Waals surface area contributed by atoms with Crippen LogP contribution in [0.4, 0.5) is 19.0 Å². The summed E-state index contributed by atoms with van der Waals surface area (Å²) in [5.74, 6) is -1.39. The first-order chi connectivity index (χ1) is 15.4. The quantitative estimate of drug-likeness (QED) is 0.446. The van der Waals surface area contributed by atoms with Crippen LogP contribution in [0.2, 0.25) is 0 Å². The van der Waals surface area contributed by atoms with Gasteiger partial charge in [-0.1, -0.05) is 0 Å². The van der Waals surface area contributed by atoms with E-state index in [1.54, 1.807) is 30.2 Å². The van der Waals surface area contributed by atoms with Gasteiger partial charge in [-0.2, -0.15) is 5.10 Å². The zero-order valence-electron chi connectivity index (χ0n) is 17.0. The molecule has 0 unspecified atom stereocenters. The van der Waals surface area contributed by atoms with Gasteiger partial charge in [0.15, 0.2) is 5.65 Å². The van der Waals surface area contributed by atoms with Gasteiger partial charge in [0.05, 0.1) is 19.2 Å². The number of halogens is 3. The van der Waals surface area contributed by atoms with Crippen LogP contribution in [0.5, 0.6) is 0 Å². The smallest absolute Gasteiger partial charge is 0.356 e. The van der Waals surface area contributed by atoms with Crippen molar-refractivity contribution in [2.45, 2.75) is 25.6 Å². The molecule has 1 saturated heterocycles. The van der Waals surface area contributed by atoms with Gasteiger partial charge >= 0.3 is 5.97 Å². The molecule has 1 aliphatic rings. The van der Waals surface area contributed by atoms with Crippen molar-refractivity contribution in [3.8, 4) is 0 Å². The number of benzene rings is 1. The molecule has 4 heterocycles. The van der Waals surface area contributed by atoms with Crippen molar-refractivity contribution in [1.29, 1.82) is 0 Å². The maximum Gasteiger partial charge on any atom is 0.356 e. The average molecular weight is 441 g/mol. The van der Waals surface area contributed by atoms with Crippen LogP contribution in [0.1, 0.15) is 35.4 Å². The summed E-state index contributed by atoms with van der Waals surface area (Å²) in [6, 6.07) is 7.23. The van der Waals surface area contributed by atoms with Gasteiger partial charge in [0.2, 0.25) is 0 Å². The highest BCUT2D eigenvalue weighted by Crippen LogP contribution is 2.38. The fourth-order valence-electron chi connectivity index (χ4n) is 4.04. The van der Waals surface area contributed by atoms with Crippen molar-refractivity contribution in [2.75, 3.05) is 18.1 Å². The zero-order valence-corrected chi connectivity index (χ0v) is 17.0. The first-order valence-electron chi connectivity index (χ1n) is 10.1. The minimum Gasteiger partial charge on any atom is -0.461 e. The Kier molecular flexibility index (Phi) is 4.91. The van der Waals surface area contributed by atoms with E-state index < -0.39 is 29.8 Å². The van der Waals surface area contributed by atoms with E-state index in [0.717, 1.165) is 18.2 Å². The molecule has 164 valence electrons. The number of anilines is 1. The third-order valence-corrected chi connectivity index (χ3v) is 5.45. The van der Waals surface area contributed by atoms with Gasteiger partial charge in [0.25, 0.3) is 0 Å². The van der Waals surface area contributed by atoms with E-state index in [9.17, 15) is 18.0 Å². The summed E-state index contributed by atoms with van der Waals surface area (Å²) in [6.07, 6.45) is 0.419. The molecule has 0 saturated carbocycles. The summed E-state index contributed by atoms with van der Waals surface area (Å²) < 4.78 is 49.1. The second kappa shape index (κ2) is 7.77. The molecule has 1 aliphatic heterocycles. The van der Waals surface area contributed by atoms with Gasteiger partial charge in [0, 0.05) is 18.2 Å². The molecular formula is C22H18F3N5O2. The predicted molar refractivity (Wildman–Crippen MR) is 110 cm³/mol.